The number of nitrogens with one attached hydrogen (secondary N) is 2. The van der Waals surface area contributed by atoms with Gasteiger partial charge in [0.25, 0.3) is 0 Å². The van der Waals surface area contributed by atoms with Crippen molar-refractivity contribution < 1.29 is 0 Å². The normalized spacial score (nSPS) is 11.3. The van der Waals surface area contributed by atoms with Crippen LogP contribution < -0.4 is 10.6 Å². The van der Waals surface area contributed by atoms with Gasteiger partial charge in [-0.2, -0.15) is 5.10 Å². The van der Waals surface area contributed by atoms with Crippen LogP contribution in [-0.2, 0) is 6.54 Å². The van der Waals surface area contributed by atoms with Crippen LogP contribution in [0.3, 0.4) is 0 Å². The van der Waals surface area contributed by atoms with Gasteiger partial charge in [0.05, 0.1) is 6.20 Å². The third-order valence-corrected chi connectivity index (χ3v) is 2.26. The van der Waals surface area contributed by atoms with Crippen LogP contribution in [0.5, 0.6) is 0 Å². The topological polar surface area (TPSA) is 54.2 Å². The average molecular weight is 235 g/mol. The molecule has 0 amide bonds. The predicted octanol–water partition coefficient (Wildman–Crippen LogP) is 0.933. The summed E-state index contributed by atoms with van der Waals surface area (Å²) < 4.78 is 1.96. The van der Waals surface area contributed by atoms with Crippen LogP contribution in [0.4, 0.5) is 0 Å². The summed E-state index contributed by atoms with van der Waals surface area (Å²) in [7, 11) is 1.76. The monoisotopic (exact) mass is 235 g/mol. The highest BCUT2D eigenvalue weighted by atomic mass is 15.3. The predicted molar refractivity (Wildman–Crippen MR) is 71.1 cm³/mol. The smallest absolute Gasteiger partial charge is 0.191 e. The second-order valence-corrected chi connectivity index (χ2v) is 3.80. The van der Waals surface area contributed by atoms with Gasteiger partial charge < -0.3 is 10.6 Å². The molecule has 0 aliphatic heterocycles. The molecule has 0 aliphatic carbocycles. The fourth-order valence-corrected chi connectivity index (χ4v) is 1.43. The molecule has 0 saturated carbocycles. The third-order valence-electron chi connectivity index (χ3n) is 2.26. The minimum Gasteiger partial charge on any atom is -0.356 e. The fraction of sp³-hybridized carbons (Fsp3) is 0.500. The van der Waals surface area contributed by atoms with E-state index in [9.17, 15) is 0 Å². The van der Waals surface area contributed by atoms with Gasteiger partial charge in [0, 0.05) is 32.9 Å². The van der Waals surface area contributed by atoms with E-state index < -0.39 is 0 Å². The summed E-state index contributed by atoms with van der Waals surface area (Å²) in [5.74, 6) is 0.807. The fourth-order valence-electron chi connectivity index (χ4n) is 1.43. The number of rotatable bonds is 6. The van der Waals surface area contributed by atoms with Crippen LogP contribution in [0.25, 0.3) is 0 Å². The van der Waals surface area contributed by atoms with E-state index in [2.05, 4.69) is 27.3 Å². The molecule has 0 saturated heterocycles. The second-order valence-electron chi connectivity index (χ2n) is 3.80. The molecule has 0 aliphatic rings. The van der Waals surface area contributed by atoms with E-state index in [0.717, 1.165) is 32.0 Å². The Kier molecular flexibility index (Phi) is 5.85. The van der Waals surface area contributed by atoms with Crippen LogP contribution in [0.15, 0.2) is 30.0 Å². The van der Waals surface area contributed by atoms with Crippen molar-refractivity contribution in [1.29, 1.82) is 0 Å². The van der Waals surface area contributed by atoms with Gasteiger partial charge in [0.2, 0.25) is 0 Å². The minimum absolute atomic E-state index is 0.720. The van der Waals surface area contributed by atoms with Gasteiger partial charge in [-0.15, -0.1) is 6.58 Å². The van der Waals surface area contributed by atoms with Crippen molar-refractivity contribution in [3.05, 3.63) is 30.6 Å². The molecular formula is C12H21N5. The van der Waals surface area contributed by atoms with Gasteiger partial charge in [-0.05, 0) is 18.9 Å². The highest BCUT2D eigenvalue weighted by Crippen LogP contribution is 1.95. The first-order valence-electron chi connectivity index (χ1n) is 5.80. The molecule has 5 heteroatoms. The quantitative estimate of drug-likeness (QED) is 0.334. The lowest BCUT2D eigenvalue weighted by atomic mass is 10.4. The van der Waals surface area contributed by atoms with Gasteiger partial charge >= 0.3 is 0 Å². The van der Waals surface area contributed by atoms with Gasteiger partial charge in [-0.25, -0.2) is 0 Å². The second kappa shape index (κ2) is 7.49. The molecule has 0 spiro atoms. The first kappa shape index (κ1) is 13.3. The molecule has 0 atom stereocenters. The summed E-state index contributed by atoms with van der Waals surface area (Å²) in [6.45, 7) is 8.20. The largest absolute Gasteiger partial charge is 0.356 e. The first-order valence-corrected chi connectivity index (χ1v) is 5.80. The Labute approximate surface area is 103 Å². The molecule has 1 rings (SSSR count). The zero-order valence-electron chi connectivity index (χ0n) is 10.6. The molecule has 5 nitrogen and oxygen atoms in total. The van der Waals surface area contributed by atoms with Crippen LogP contribution in [0.2, 0.25) is 0 Å². The highest BCUT2D eigenvalue weighted by Gasteiger charge is 1.96. The molecule has 2 N–H and O–H groups in total. The molecule has 17 heavy (non-hydrogen) atoms. The Balaban J connectivity index is 2.16. The van der Waals surface area contributed by atoms with Crippen molar-refractivity contribution in [1.82, 2.24) is 20.4 Å². The molecule has 1 aromatic rings. The summed E-state index contributed by atoms with van der Waals surface area (Å²) in [6.07, 6.45) is 6.73. The number of hydrogen-bond donors (Lipinski definition) is 2. The molecule has 94 valence electrons. The molecular weight excluding hydrogens is 214 g/mol. The van der Waals surface area contributed by atoms with Crippen LogP contribution in [-0.4, -0.2) is 35.9 Å². The van der Waals surface area contributed by atoms with Crippen molar-refractivity contribution in [2.24, 2.45) is 4.99 Å². The maximum atomic E-state index is 4.23. The Bertz CT molecular complexity index is 367. The number of aromatic nitrogens is 2. The molecule has 0 aromatic carbocycles. The minimum atomic E-state index is 0.720. The van der Waals surface area contributed by atoms with Crippen LogP contribution in [0.1, 0.15) is 12.0 Å². The van der Waals surface area contributed by atoms with E-state index in [1.807, 2.05) is 24.0 Å². The summed E-state index contributed by atoms with van der Waals surface area (Å²) in [6, 6.07) is 0. The van der Waals surface area contributed by atoms with Crippen LogP contribution >= 0.6 is 0 Å². The lowest BCUT2D eigenvalue weighted by molar-refractivity contribution is 0.570. The summed E-state index contributed by atoms with van der Waals surface area (Å²) in [5.41, 5.74) is 1.20. The molecule has 0 radical (unpaired) electrons. The van der Waals surface area contributed by atoms with E-state index >= 15 is 0 Å². The van der Waals surface area contributed by atoms with Crippen molar-refractivity contribution in [3.8, 4) is 0 Å². The van der Waals surface area contributed by atoms with Crippen molar-refractivity contribution in [3.63, 3.8) is 0 Å². The number of hydrogen-bond acceptors (Lipinski definition) is 2. The third kappa shape index (κ3) is 5.19. The van der Waals surface area contributed by atoms with Crippen molar-refractivity contribution in [2.45, 2.75) is 19.9 Å². The van der Waals surface area contributed by atoms with Gasteiger partial charge in [-0.1, -0.05) is 6.08 Å². The summed E-state index contributed by atoms with van der Waals surface area (Å²) >= 11 is 0. The Morgan fingerprint density at radius 3 is 3.00 bits per heavy atom. The summed E-state index contributed by atoms with van der Waals surface area (Å²) in [4.78, 5) is 4.10. The van der Waals surface area contributed by atoms with E-state index in [1.54, 1.807) is 13.1 Å². The van der Waals surface area contributed by atoms with Crippen molar-refractivity contribution >= 4 is 5.96 Å². The van der Waals surface area contributed by atoms with E-state index in [-0.39, 0.29) is 0 Å². The Morgan fingerprint density at radius 1 is 1.59 bits per heavy atom. The molecule has 0 bridgehead atoms. The van der Waals surface area contributed by atoms with Gasteiger partial charge in [-0.3, -0.25) is 9.67 Å². The number of aliphatic imine (C=N–C) groups is 1. The van der Waals surface area contributed by atoms with Crippen LogP contribution in [0, 0.1) is 6.92 Å². The zero-order chi connectivity index (χ0) is 12.5. The standard InChI is InChI=1S/C12H21N5/c1-4-6-14-12(13-3)15-7-5-8-17-10-11(2)9-16-17/h4,9-10H,1,5-8H2,2-3H3,(H2,13,14,15). The van der Waals surface area contributed by atoms with E-state index in [4.69, 9.17) is 0 Å². The van der Waals surface area contributed by atoms with Gasteiger partial charge in [0.1, 0.15) is 0 Å². The molecule has 1 heterocycles. The van der Waals surface area contributed by atoms with Crippen molar-refractivity contribution in [2.75, 3.05) is 20.1 Å². The number of nitrogens with zero attached hydrogens (tertiary/aromatic N) is 3. The maximum absolute atomic E-state index is 4.23. The number of guanidine groups is 1. The highest BCUT2D eigenvalue weighted by molar-refractivity contribution is 5.79. The van der Waals surface area contributed by atoms with E-state index in [1.165, 1.54) is 5.56 Å². The lowest BCUT2D eigenvalue weighted by Crippen LogP contribution is -2.37. The Morgan fingerprint density at radius 2 is 2.41 bits per heavy atom. The zero-order valence-corrected chi connectivity index (χ0v) is 10.6. The molecule has 1 aromatic heterocycles. The average Bonchev–Trinajstić information content (AvgIpc) is 2.74. The first-order chi connectivity index (χ1) is 8.26. The van der Waals surface area contributed by atoms with Gasteiger partial charge in [0.15, 0.2) is 5.96 Å². The molecule has 0 fully saturated rings. The maximum Gasteiger partial charge on any atom is 0.191 e. The Hall–Kier alpha value is -1.78. The SMILES string of the molecule is C=CCNC(=NC)NCCCn1cc(C)cn1. The molecule has 0 unspecified atom stereocenters. The van der Waals surface area contributed by atoms with E-state index in [0.29, 0.717) is 0 Å². The summed E-state index contributed by atoms with van der Waals surface area (Å²) in [5, 5.41) is 10.6. The lowest BCUT2D eigenvalue weighted by Gasteiger charge is -2.10. The number of aryl methyl sites for hydroxylation is 2.